The molecule has 1 aromatic rings. The van der Waals surface area contributed by atoms with Gasteiger partial charge in [-0.1, -0.05) is 32.6 Å². The van der Waals surface area contributed by atoms with Gasteiger partial charge in [0.1, 0.15) is 23.6 Å². The largest absolute Gasteiger partial charge is 0.356 e. The number of anilines is 3. The second-order valence-corrected chi connectivity index (χ2v) is 30.8. The standard InChI is InChI=1S/C57H94N16O14S4/c1-36-18-26-71(27-19-36)53-68-54(72-28-20-37(21-29-72)60-51(78)41(34-90(82,83)84)62-47(76)16-4-2-10-24-58-45(74)14-8-6-12-43-49-39(32-88-43)64-56(80)66-49)70-55(69-53)73-30-22-38(23-31-73)61-52(79)42(35-91(85,86)87)63-48(77)17-5-3-11-25-59-46(75)15-9-7-13-44-50-40(33-89-44)65-57(81)67-50/h36-44,49-50H,2-35H2,1H3,(H,58,74)(H,59,75)(H,60,78)(H,61,79)(H,62,76)(H,63,77)(H2,64,66,80)(H2,65,67,81)(H,82,83,84)(H,85,86,87)/t39?,40?,41?,42?,43-,44?,49?,50?/m0/s1. The van der Waals surface area contributed by atoms with Crippen molar-refractivity contribution in [3.8, 4) is 0 Å². The minimum absolute atomic E-state index is 0.00152. The molecule has 91 heavy (non-hydrogen) atoms. The number of nitrogens with one attached hydrogen (secondary N) is 10. The van der Waals surface area contributed by atoms with Gasteiger partial charge in [0.15, 0.2) is 0 Å². The first-order valence-corrected chi connectivity index (χ1v) is 37.8. The Balaban J connectivity index is 0.732. The van der Waals surface area contributed by atoms with E-state index in [1.165, 1.54) is 0 Å². The van der Waals surface area contributed by atoms with Crippen molar-refractivity contribution >= 4 is 109 Å². The molecule has 8 heterocycles. The van der Waals surface area contributed by atoms with Crippen molar-refractivity contribution in [2.45, 2.75) is 207 Å². The van der Waals surface area contributed by atoms with Gasteiger partial charge in [-0.25, -0.2) is 9.59 Å². The Bertz CT molecular complexity index is 2720. The lowest BCUT2D eigenvalue weighted by atomic mass is 10.00. The van der Waals surface area contributed by atoms with E-state index in [1.807, 2.05) is 33.3 Å². The maximum Gasteiger partial charge on any atom is 0.315 e. The molecule has 0 spiro atoms. The number of aromatic nitrogens is 3. The summed E-state index contributed by atoms with van der Waals surface area (Å²) in [6.45, 7) is 6.17. The second kappa shape index (κ2) is 34.4. The van der Waals surface area contributed by atoms with E-state index >= 15 is 0 Å². The first kappa shape index (κ1) is 71.1. The number of hydrogen-bond acceptors (Lipinski definition) is 20. The van der Waals surface area contributed by atoms with Crippen LogP contribution in [0.4, 0.5) is 27.4 Å². The topological polar surface area (TPSA) is 414 Å². The number of thioether (sulfide) groups is 2. The lowest BCUT2D eigenvalue weighted by Crippen LogP contribution is -2.54. The fourth-order valence-electron chi connectivity index (χ4n) is 12.7. The van der Waals surface area contributed by atoms with Crippen LogP contribution in [0.2, 0.25) is 0 Å². The quantitative estimate of drug-likeness (QED) is 0.0254. The zero-order chi connectivity index (χ0) is 65.1. The average molecular weight is 1360 g/mol. The van der Waals surface area contributed by atoms with Crippen LogP contribution in [-0.2, 0) is 49.0 Å². The van der Waals surface area contributed by atoms with Crippen LogP contribution in [0.3, 0.4) is 0 Å². The molecule has 0 radical (unpaired) electrons. The minimum atomic E-state index is -4.67. The average Bonchev–Trinajstić information content (AvgIpc) is 2.40. The maximum absolute atomic E-state index is 13.6. The highest BCUT2D eigenvalue weighted by Crippen LogP contribution is 2.35. The van der Waals surface area contributed by atoms with E-state index in [0.717, 1.165) is 76.0 Å². The molecule has 0 aliphatic carbocycles. The SMILES string of the molecule is CC1CCN(c2nc(N3CCC(NC(=O)C(CS(=O)(=O)O)NC(=O)CCCCCNC(=O)CCCCC4SCC5NC(=O)NC54)CC3)nc(N3CCC(NC(=O)C(CS(=O)(=O)O)NC(=O)CCCCCNC(=O)CCCC[C@@H]4SCC5NC(=O)NC54)CC3)n2)CC1. The van der Waals surface area contributed by atoms with Crippen molar-refractivity contribution in [1.29, 1.82) is 0 Å². The predicted octanol–water partition coefficient (Wildman–Crippen LogP) is 0.828. The Labute approximate surface area is 541 Å². The van der Waals surface area contributed by atoms with Crippen LogP contribution in [0.1, 0.15) is 148 Å². The van der Waals surface area contributed by atoms with Gasteiger partial charge in [-0.3, -0.25) is 37.9 Å². The van der Waals surface area contributed by atoms with Crippen LogP contribution < -0.4 is 67.9 Å². The minimum Gasteiger partial charge on any atom is -0.356 e. The summed E-state index contributed by atoms with van der Waals surface area (Å²) in [5.41, 5.74) is 0. The molecule has 7 unspecified atom stereocenters. The molecule has 8 rings (SSSR count). The van der Waals surface area contributed by atoms with E-state index in [1.54, 1.807) is 0 Å². The molecule has 0 aromatic carbocycles. The summed E-state index contributed by atoms with van der Waals surface area (Å²) in [7, 11) is -9.34. The first-order valence-electron chi connectivity index (χ1n) is 32.5. The summed E-state index contributed by atoms with van der Waals surface area (Å²) < 4.78 is 67.7. The smallest absolute Gasteiger partial charge is 0.315 e. The molecule has 0 bridgehead atoms. The third-order valence-corrected chi connectivity index (χ3v) is 22.5. The predicted molar refractivity (Wildman–Crippen MR) is 345 cm³/mol. The van der Waals surface area contributed by atoms with E-state index < -0.39 is 79.5 Å². The van der Waals surface area contributed by atoms with Gasteiger partial charge >= 0.3 is 12.1 Å². The number of carbonyl (C=O) groups excluding carboxylic acids is 8. The van der Waals surface area contributed by atoms with Crippen LogP contribution in [0, 0.1) is 5.92 Å². The number of piperidine rings is 3. The van der Waals surface area contributed by atoms with Crippen LogP contribution in [-0.4, -0.2) is 223 Å². The number of nitrogens with zero attached hydrogens (tertiary/aromatic N) is 6. The fourth-order valence-corrected chi connectivity index (χ4v) is 17.1. The lowest BCUT2D eigenvalue weighted by molar-refractivity contribution is -0.129. The molecule has 8 atom stereocenters. The third kappa shape index (κ3) is 23.4. The monoisotopic (exact) mass is 1350 g/mol. The summed E-state index contributed by atoms with van der Waals surface area (Å²) in [5, 5.41) is 29.1. The number of carbonyl (C=O) groups is 8. The molecule has 7 aliphatic rings. The number of fused-ring (bicyclic) bond motifs is 2. The highest BCUT2D eigenvalue weighted by atomic mass is 32.2. The van der Waals surface area contributed by atoms with Gasteiger partial charge in [-0.15, -0.1) is 0 Å². The molecule has 30 nitrogen and oxygen atoms in total. The van der Waals surface area contributed by atoms with Gasteiger partial charge in [-0.05, 0) is 95.8 Å². The molecule has 7 fully saturated rings. The van der Waals surface area contributed by atoms with Crippen molar-refractivity contribution in [1.82, 2.24) is 68.1 Å². The molecule has 34 heteroatoms. The zero-order valence-corrected chi connectivity index (χ0v) is 55.3. The molecular weight excluding hydrogens is 1260 g/mol. The van der Waals surface area contributed by atoms with Crippen molar-refractivity contribution in [3.05, 3.63) is 0 Å². The Morgan fingerprint density at radius 1 is 0.505 bits per heavy atom. The molecule has 7 aliphatic heterocycles. The number of urea groups is 2. The summed E-state index contributed by atoms with van der Waals surface area (Å²) in [6.07, 6.45) is 12.7. The number of hydrogen-bond donors (Lipinski definition) is 12. The second-order valence-electron chi connectivity index (χ2n) is 25.2. The Morgan fingerprint density at radius 2 is 0.857 bits per heavy atom. The zero-order valence-electron chi connectivity index (χ0n) is 52.0. The Hall–Kier alpha value is -5.71. The van der Waals surface area contributed by atoms with Gasteiger partial charge in [0, 0.05) is 112 Å². The molecule has 7 saturated heterocycles. The molecule has 0 saturated carbocycles. The van der Waals surface area contributed by atoms with Crippen molar-refractivity contribution < 1.29 is 64.3 Å². The molecule has 12 N–H and O–H groups in total. The third-order valence-electron chi connectivity index (χ3n) is 17.9. The van der Waals surface area contributed by atoms with E-state index in [4.69, 9.17) is 15.0 Å². The van der Waals surface area contributed by atoms with E-state index in [9.17, 15) is 64.3 Å². The van der Waals surface area contributed by atoms with Gasteiger partial charge in [0.25, 0.3) is 20.2 Å². The van der Waals surface area contributed by atoms with Gasteiger partial charge < -0.3 is 67.9 Å². The molecular formula is C57H94N16O14S4. The van der Waals surface area contributed by atoms with Crippen LogP contribution in [0.5, 0.6) is 0 Å². The van der Waals surface area contributed by atoms with Gasteiger partial charge in [0.05, 0.1) is 24.2 Å². The van der Waals surface area contributed by atoms with E-state index in [-0.39, 0.29) is 60.9 Å². The normalized spacial score (nSPS) is 23.6. The fraction of sp³-hybridized carbons (Fsp3) is 0.807. The summed E-state index contributed by atoms with van der Waals surface area (Å²) in [6, 6.07) is -3.53. The summed E-state index contributed by atoms with van der Waals surface area (Å²) in [5.74, 6) is -1.06. The number of unbranched alkanes of at least 4 members (excludes halogenated alkanes) is 6. The molecule has 1 aromatic heterocycles. The van der Waals surface area contributed by atoms with Gasteiger partial charge in [-0.2, -0.15) is 55.3 Å². The highest BCUT2D eigenvalue weighted by Gasteiger charge is 2.44. The van der Waals surface area contributed by atoms with Crippen LogP contribution in [0.25, 0.3) is 0 Å². The highest BCUT2D eigenvalue weighted by molar-refractivity contribution is 8.00. The van der Waals surface area contributed by atoms with E-state index in [2.05, 4.69) is 65.0 Å². The van der Waals surface area contributed by atoms with Gasteiger partial charge in [0.2, 0.25) is 53.3 Å². The maximum atomic E-state index is 13.6. The summed E-state index contributed by atoms with van der Waals surface area (Å²) in [4.78, 5) is 122. The summed E-state index contributed by atoms with van der Waals surface area (Å²) >= 11 is 3.69. The number of rotatable bonds is 35. The molecule has 10 amide bonds. The van der Waals surface area contributed by atoms with Crippen molar-refractivity contribution in [3.63, 3.8) is 0 Å². The van der Waals surface area contributed by atoms with Crippen LogP contribution in [0.15, 0.2) is 0 Å². The Kier molecular flexibility index (Phi) is 26.9. The molecule has 510 valence electrons. The lowest BCUT2D eigenvalue weighted by Gasteiger charge is -2.36. The van der Waals surface area contributed by atoms with Crippen molar-refractivity contribution in [2.24, 2.45) is 5.92 Å². The van der Waals surface area contributed by atoms with E-state index in [0.29, 0.717) is 151 Å². The first-order chi connectivity index (χ1) is 43.5. The van der Waals surface area contributed by atoms with Crippen LogP contribution >= 0.6 is 23.5 Å². The number of amides is 10. The Morgan fingerprint density at radius 3 is 1.23 bits per heavy atom. The van der Waals surface area contributed by atoms with Crippen molar-refractivity contribution in [2.75, 3.05) is 90.1 Å².